The van der Waals surface area contributed by atoms with E-state index in [-0.39, 0.29) is 5.88 Å². The first-order valence-electron chi connectivity index (χ1n) is 8.97. The highest BCUT2D eigenvalue weighted by molar-refractivity contribution is 6.09. The third-order valence-corrected chi connectivity index (χ3v) is 4.77. The molecule has 0 bridgehead atoms. The fourth-order valence-electron chi connectivity index (χ4n) is 3.58. The number of aromatic nitrogens is 2. The molecular weight excluding hydrogens is 322 g/mol. The maximum atomic E-state index is 10.7. The molecule has 2 aromatic carbocycles. The van der Waals surface area contributed by atoms with Gasteiger partial charge in [0.25, 0.3) is 0 Å². The van der Waals surface area contributed by atoms with E-state index in [0.717, 1.165) is 28.4 Å². The topological polar surface area (TPSA) is 64.1 Å². The first kappa shape index (κ1) is 16.5. The molecule has 0 aliphatic heterocycles. The first-order valence-corrected chi connectivity index (χ1v) is 8.97. The fraction of sp³-hybridized carbons (Fsp3) is 0.227. The summed E-state index contributed by atoms with van der Waals surface area (Å²) in [6.45, 7) is 4.98. The molecule has 4 aromatic rings. The van der Waals surface area contributed by atoms with E-state index in [2.05, 4.69) is 19.9 Å². The van der Waals surface area contributed by atoms with Crippen LogP contribution in [0, 0.1) is 5.92 Å². The van der Waals surface area contributed by atoms with Crippen LogP contribution in [0.15, 0.2) is 54.7 Å². The van der Waals surface area contributed by atoms with Crippen LogP contribution in [0.5, 0.6) is 5.88 Å². The number of hydrogen-bond donors (Lipinski definition) is 2. The molecule has 0 saturated carbocycles. The van der Waals surface area contributed by atoms with Crippen molar-refractivity contribution in [1.29, 1.82) is 0 Å². The maximum Gasteiger partial charge on any atom is 0.203 e. The summed E-state index contributed by atoms with van der Waals surface area (Å²) in [7, 11) is 0. The number of fused-ring (bicyclic) bond motifs is 2. The molecule has 0 atom stereocenters. The van der Waals surface area contributed by atoms with Gasteiger partial charge in [0.1, 0.15) is 0 Å². The van der Waals surface area contributed by atoms with Gasteiger partial charge in [-0.3, -0.25) is 0 Å². The van der Waals surface area contributed by atoms with Crippen LogP contribution in [0.4, 0.5) is 5.69 Å². The van der Waals surface area contributed by atoms with Gasteiger partial charge < -0.3 is 15.4 Å². The van der Waals surface area contributed by atoms with E-state index in [4.69, 9.17) is 10.7 Å². The van der Waals surface area contributed by atoms with Crippen molar-refractivity contribution in [3.63, 3.8) is 0 Å². The number of aromatic hydroxyl groups is 1. The average Bonchev–Trinajstić information content (AvgIpc) is 2.92. The molecule has 0 saturated heterocycles. The summed E-state index contributed by atoms with van der Waals surface area (Å²) in [6.07, 6.45) is 2.84. The van der Waals surface area contributed by atoms with Gasteiger partial charge in [-0.05, 0) is 23.5 Å². The Morgan fingerprint density at radius 3 is 2.58 bits per heavy atom. The number of para-hydroxylation sites is 1. The predicted molar refractivity (Wildman–Crippen MR) is 107 cm³/mol. The van der Waals surface area contributed by atoms with E-state index >= 15 is 0 Å². The van der Waals surface area contributed by atoms with Crippen LogP contribution in [-0.2, 0) is 13.0 Å². The molecule has 2 aromatic heterocycles. The smallest absolute Gasteiger partial charge is 0.203 e. The number of nitrogens with zero attached hydrogens (tertiary/aromatic N) is 2. The Morgan fingerprint density at radius 1 is 1.08 bits per heavy atom. The third kappa shape index (κ3) is 2.77. The minimum absolute atomic E-state index is 0.171. The lowest BCUT2D eigenvalue weighted by molar-refractivity contribution is 0.430. The Labute approximate surface area is 152 Å². The second-order valence-corrected chi connectivity index (χ2v) is 7.26. The Balaban J connectivity index is 1.90. The fourth-order valence-corrected chi connectivity index (χ4v) is 3.58. The normalized spacial score (nSPS) is 11.7. The number of nitrogens with two attached hydrogens (primary N) is 1. The summed E-state index contributed by atoms with van der Waals surface area (Å²) in [5.74, 6) is 0.709. The van der Waals surface area contributed by atoms with E-state index in [0.29, 0.717) is 23.5 Å². The van der Waals surface area contributed by atoms with Gasteiger partial charge in [-0.15, -0.1) is 0 Å². The number of nitrogen functional groups attached to an aromatic ring is 1. The third-order valence-electron chi connectivity index (χ3n) is 4.77. The first-order chi connectivity index (χ1) is 12.5. The van der Waals surface area contributed by atoms with Gasteiger partial charge in [-0.2, -0.15) is 0 Å². The molecule has 132 valence electrons. The second-order valence-electron chi connectivity index (χ2n) is 7.26. The van der Waals surface area contributed by atoms with E-state index in [1.165, 1.54) is 5.56 Å². The standard InChI is InChI=1S/C22H23N3O/c1-14(2)11-16-9-6-10-17-20(23)19-18(24-21(16)17)13-25(22(19)26)12-15-7-4-3-5-8-15/h3-10,13-14,26H,11-12,23H2,1-2H3. The maximum absolute atomic E-state index is 10.7. The molecule has 4 rings (SSSR count). The zero-order valence-electron chi connectivity index (χ0n) is 15.1. The zero-order chi connectivity index (χ0) is 18.3. The van der Waals surface area contributed by atoms with Gasteiger partial charge in [0.2, 0.25) is 5.88 Å². The SMILES string of the molecule is CC(C)Cc1cccc2c(N)c3c(O)n(Cc4ccccc4)cc3nc12. The van der Waals surface area contributed by atoms with Crippen molar-refractivity contribution in [2.24, 2.45) is 5.92 Å². The Hall–Kier alpha value is -3.01. The van der Waals surface area contributed by atoms with E-state index in [1.807, 2.05) is 53.2 Å². The van der Waals surface area contributed by atoms with Gasteiger partial charge in [-0.25, -0.2) is 4.98 Å². The van der Waals surface area contributed by atoms with Crippen LogP contribution in [0.25, 0.3) is 21.8 Å². The van der Waals surface area contributed by atoms with Crippen LogP contribution in [0.3, 0.4) is 0 Å². The summed E-state index contributed by atoms with van der Waals surface area (Å²) in [5.41, 5.74) is 11.0. The van der Waals surface area contributed by atoms with Crippen molar-refractivity contribution >= 4 is 27.5 Å². The molecule has 3 N–H and O–H groups in total. The lowest BCUT2D eigenvalue weighted by Crippen LogP contribution is -1.98. The monoisotopic (exact) mass is 345 g/mol. The predicted octanol–water partition coefficient (Wildman–Crippen LogP) is 4.72. The van der Waals surface area contributed by atoms with Crippen LogP contribution in [-0.4, -0.2) is 14.7 Å². The molecule has 0 spiro atoms. The van der Waals surface area contributed by atoms with Crippen LogP contribution in [0.2, 0.25) is 0 Å². The summed E-state index contributed by atoms with van der Waals surface area (Å²) < 4.78 is 1.81. The van der Waals surface area contributed by atoms with Gasteiger partial charge in [0.15, 0.2) is 0 Å². The van der Waals surface area contributed by atoms with Crippen molar-refractivity contribution in [2.45, 2.75) is 26.8 Å². The average molecular weight is 345 g/mol. The van der Waals surface area contributed by atoms with Crippen LogP contribution >= 0.6 is 0 Å². The molecule has 0 aliphatic carbocycles. The Morgan fingerprint density at radius 2 is 1.85 bits per heavy atom. The molecule has 2 heterocycles. The van der Waals surface area contributed by atoms with Gasteiger partial charge in [0.05, 0.1) is 28.7 Å². The molecule has 0 radical (unpaired) electrons. The lowest BCUT2D eigenvalue weighted by atomic mass is 9.99. The minimum atomic E-state index is 0.171. The van der Waals surface area contributed by atoms with Gasteiger partial charge in [-0.1, -0.05) is 62.4 Å². The molecule has 4 heteroatoms. The van der Waals surface area contributed by atoms with Crippen molar-refractivity contribution in [2.75, 3.05) is 5.73 Å². The van der Waals surface area contributed by atoms with Crippen molar-refractivity contribution in [3.8, 4) is 5.88 Å². The van der Waals surface area contributed by atoms with E-state index in [9.17, 15) is 5.11 Å². The summed E-state index contributed by atoms with van der Waals surface area (Å²) >= 11 is 0. The Bertz CT molecular complexity index is 1080. The number of anilines is 1. The summed E-state index contributed by atoms with van der Waals surface area (Å²) in [4.78, 5) is 4.85. The van der Waals surface area contributed by atoms with Gasteiger partial charge in [0, 0.05) is 11.6 Å². The van der Waals surface area contributed by atoms with E-state index < -0.39 is 0 Å². The zero-order valence-corrected chi connectivity index (χ0v) is 15.1. The quantitative estimate of drug-likeness (QED) is 0.562. The number of hydrogen-bond acceptors (Lipinski definition) is 3. The van der Waals surface area contributed by atoms with Crippen molar-refractivity contribution in [3.05, 3.63) is 65.9 Å². The van der Waals surface area contributed by atoms with Crippen LogP contribution in [0.1, 0.15) is 25.0 Å². The largest absolute Gasteiger partial charge is 0.494 e. The highest BCUT2D eigenvalue weighted by Crippen LogP contribution is 2.37. The van der Waals surface area contributed by atoms with Crippen LogP contribution < -0.4 is 5.73 Å². The number of benzene rings is 2. The number of pyridine rings is 1. The number of rotatable bonds is 4. The molecule has 0 unspecified atom stereocenters. The van der Waals surface area contributed by atoms with E-state index in [1.54, 1.807) is 0 Å². The molecule has 0 fully saturated rings. The highest BCUT2D eigenvalue weighted by Gasteiger charge is 2.17. The van der Waals surface area contributed by atoms with Gasteiger partial charge >= 0.3 is 0 Å². The van der Waals surface area contributed by atoms with Crippen molar-refractivity contribution in [1.82, 2.24) is 9.55 Å². The Kier molecular flexibility index (Phi) is 4.03. The second kappa shape index (κ2) is 6.37. The summed E-state index contributed by atoms with van der Waals surface area (Å²) in [6, 6.07) is 16.2. The molecule has 26 heavy (non-hydrogen) atoms. The molecule has 0 aliphatic rings. The summed E-state index contributed by atoms with van der Waals surface area (Å²) in [5, 5.41) is 12.3. The minimum Gasteiger partial charge on any atom is -0.494 e. The van der Waals surface area contributed by atoms with Crippen molar-refractivity contribution < 1.29 is 5.11 Å². The lowest BCUT2D eigenvalue weighted by Gasteiger charge is -2.10. The molecule has 4 nitrogen and oxygen atoms in total. The molecular formula is C22H23N3O. The molecule has 0 amide bonds. The highest BCUT2D eigenvalue weighted by atomic mass is 16.3.